The molecule has 3 aromatic rings. The molecular formula is C19H21FN4O. The molecule has 0 spiro atoms. The number of nitrogens with one attached hydrogen (secondary N) is 1. The van der Waals surface area contributed by atoms with E-state index < -0.39 is 0 Å². The summed E-state index contributed by atoms with van der Waals surface area (Å²) in [5.74, 6) is 0.430. The van der Waals surface area contributed by atoms with E-state index in [4.69, 9.17) is 0 Å². The molecule has 1 atom stereocenters. The summed E-state index contributed by atoms with van der Waals surface area (Å²) in [6, 6.07) is 8.29. The summed E-state index contributed by atoms with van der Waals surface area (Å²) in [5.41, 5.74) is 2.39. The van der Waals surface area contributed by atoms with Crippen molar-refractivity contribution in [2.24, 2.45) is 0 Å². The first-order valence-corrected chi connectivity index (χ1v) is 8.38. The summed E-state index contributed by atoms with van der Waals surface area (Å²) in [6.45, 7) is 2.05. The van der Waals surface area contributed by atoms with Gasteiger partial charge in [0.15, 0.2) is 0 Å². The van der Waals surface area contributed by atoms with Crippen molar-refractivity contribution in [2.75, 3.05) is 7.05 Å². The Hall–Kier alpha value is -2.76. The highest BCUT2D eigenvalue weighted by Gasteiger charge is 2.20. The van der Waals surface area contributed by atoms with Crippen molar-refractivity contribution in [2.45, 2.75) is 32.2 Å². The minimum Gasteiger partial charge on any atom is -0.342 e. The number of aromatic amines is 1. The second kappa shape index (κ2) is 7.42. The SMILES string of the molecule is CCC(c1cccnc1)N(C)C(=O)CCc1nc2ccc(F)cc2[nH]1. The van der Waals surface area contributed by atoms with Crippen molar-refractivity contribution in [1.29, 1.82) is 0 Å². The minimum atomic E-state index is -0.305. The van der Waals surface area contributed by atoms with E-state index >= 15 is 0 Å². The molecule has 5 nitrogen and oxygen atoms in total. The van der Waals surface area contributed by atoms with Gasteiger partial charge in [0, 0.05) is 32.3 Å². The van der Waals surface area contributed by atoms with Gasteiger partial charge in [0.2, 0.25) is 5.91 Å². The number of pyridine rings is 1. The van der Waals surface area contributed by atoms with Gasteiger partial charge >= 0.3 is 0 Å². The second-order valence-corrected chi connectivity index (χ2v) is 6.06. The van der Waals surface area contributed by atoms with Crippen LogP contribution < -0.4 is 0 Å². The number of amides is 1. The van der Waals surface area contributed by atoms with E-state index in [1.807, 2.05) is 19.2 Å². The average Bonchev–Trinajstić information content (AvgIpc) is 3.03. The van der Waals surface area contributed by atoms with E-state index in [1.54, 1.807) is 23.4 Å². The number of halogens is 1. The first-order chi connectivity index (χ1) is 12.1. The van der Waals surface area contributed by atoms with Gasteiger partial charge in [-0.05, 0) is 36.2 Å². The zero-order valence-electron chi connectivity index (χ0n) is 14.4. The molecule has 0 saturated heterocycles. The minimum absolute atomic E-state index is 0.00553. The number of hydrogen-bond acceptors (Lipinski definition) is 3. The molecule has 0 radical (unpaired) electrons. The van der Waals surface area contributed by atoms with Crippen molar-refractivity contribution in [3.05, 3.63) is 59.9 Å². The Kier molecular flexibility index (Phi) is 5.07. The van der Waals surface area contributed by atoms with E-state index in [0.717, 1.165) is 12.0 Å². The van der Waals surface area contributed by atoms with Crippen LogP contribution in [0.25, 0.3) is 11.0 Å². The van der Waals surface area contributed by atoms with Gasteiger partial charge < -0.3 is 9.88 Å². The van der Waals surface area contributed by atoms with Crippen LogP contribution >= 0.6 is 0 Å². The lowest BCUT2D eigenvalue weighted by Crippen LogP contribution is -2.31. The lowest BCUT2D eigenvalue weighted by atomic mass is 10.0. The van der Waals surface area contributed by atoms with Gasteiger partial charge in [0.1, 0.15) is 11.6 Å². The standard InChI is InChI=1S/C19H21FN4O/c1-3-17(13-5-4-10-21-12-13)24(2)19(25)9-8-18-22-15-7-6-14(20)11-16(15)23-18/h4-7,10-12,17H,3,8-9H2,1-2H3,(H,22,23). The lowest BCUT2D eigenvalue weighted by Gasteiger charge is -2.27. The molecule has 25 heavy (non-hydrogen) atoms. The molecule has 0 aliphatic carbocycles. The highest BCUT2D eigenvalue weighted by Crippen LogP contribution is 2.23. The molecule has 1 N–H and O–H groups in total. The highest BCUT2D eigenvalue weighted by atomic mass is 19.1. The number of benzene rings is 1. The van der Waals surface area contributed by atoms with Gasteiger partial charge in [0.25, 0.3) is 0 Å². The fourth-order valence-electron chi connectivity index (χ4n) is 3.03. The Morgan fingerprint density at radius 1 is 1.36 bits per heavy atom. The van der Waals surface area contributed by atoms with E-state index in [2.05, 4.69) is 21.9 Å². The number of hydrogen-bond donors (Lipinski definition) is 1. The smallest absolute Gasteiger partial charge is 0.223 e. The summed E-state index contributed by atoms with van der Waals surface area (Å²) >= 11 is 0. The van der Waals surface area contributed by atoms with Crippen LogP contribution in [-0.2, 0) is 11.2 Å². The van der Waals surface area contributed by atoms with Gasteiger partial charge in [0.05, 0.1) is 17.1 Å². The third-order valence-electron chi connectivity index (χ3n) is 4.39. The first-order valence-electron chi connectivity index (χ1n) is 8.38. The Bertz CT molecular complexity index is 862. The zero-order valence-corrected chi connectivity index (χ0v) is 14.4. The second-order valence-electron chi connectivity index (χ2n) is 6.06. The maximum atomic E-state index is 13.2. The molecular weight excluding hydrogens is 319 g/mol. The van der Waals surface area contributed by atoms with Crippen molar-refractivity contribution in [3.63, 3.8) is 0 Å². The van der Waals surface area contributed by atoms with Crippen LogP contribution in [0.1, 0.15) is 37.2 Å². The van der Waals surface area contributed by atoms with Crippen molar-refractivity contribution in [1.82, 2.24) is 19.9 Å². The third kappa shape index (κ3) is 3.84. The normalized spacial score (nSPS) is 12.3. The van der Waals surface area contributed by atoms with Crippen LogP contribution in [0.5, 0.6) is 0 Å². The molecule has 0 aliphatic heterocycles. The maximum absolute atomic E-state index is 13.2. The number of aryl methyl sites for hydroxylation is 1. The molecule has 2 aromatic heterocycles. The van der Waals surface area contributed by atoms with Gasteiger partial charge in [-0.25, -0.2) is 9.37 Å². The Morgan fingerprint density at radius 2 is 2.20 bits per heavy atom. The highest BCUT2D eigenvalue weighted by molar-refractivity contribution is 5.77. The maximum Gasteiger partial charge on any atom is 0.223 e. The fourth-order valence-corrected chi connectivity index (χ4v) is 3.03. The first kappa shape index (κ1) is 17.1. The molecule has 1 amide bonds. The molecule has 0 bridgehead atoms. The van der Waals surface area contributed by atoms with Gasteiger partial charge in [-0.2, -0.15) is 0 Å². The van der Waals surface area contributed by atoms with Crippen LogP contribution in [0.3, 0.4) is 0 Å². The molecule has 0 saturated carbocycles. The Labute approximate surface area is 145 Å². The fraction of sp³-hybridized carbons (Fsp3) is 0.316. The summed E-state index contributed by atoms with van der Waals surface area (Å²) in [4.78, 5) is 25.9. The predicted octanol–water partition coefficient (Wildman–Crippen LogP) is 3.64. The molecule has 1 aromatic carbocycles. The number of aromatic nitrogens is 3. The lowest BCUT2D eigenvalue weighted by molar-refractivity contribution is -0.132. The van der Waals surface area contributed by atoms with Crippen molar-refractivity contribution in [3.8, 4) is 0 Å². The van der Waals surface area contributed by atoms with E-state index in [1.165, 1.54) is 12.1 Å². The number of rotatable bonds is 6. The molecule has 6 heteroatoms. The number of carbonyl (C=O) groups excluding carboxylic acids is 1. The number of nitrogens with zero attached hydrogens (tertiary/aromatic N) is 3. The summed E-state index contributed by atoms with van der Waals surface area (Å²) in [5, 5.41) is 0. The number of imidazole rings is 1. The molecule has 1 unspecified atom stereocenters. The summed E-state index contributed by atoms with van der Waals surface area (Å²) < 4.78 is 13.2. The van der Waals surface area contributed by atoms with Crippen LogP contribution in [0.15, 0.2) is 42.7 Å². The van der Waals surface area contributed by atoms with Crippen molar-refractivity contribution < 1.29 is 9.18 Å². The summed E-state index contributed by atoms with van der Waals surface area (Å²) in [7, 11) is 1.82. The topological polar surface area (TPSA) is 61.9 Å². The molecule has 3 rings (SSSR count). The van der Waals surface area contributed by atoms with Crippen LogP contribution in [0.2, 0.25) is 0 Å². The molecule has 130 valence electrons. The largest absolute Gasteiger partial charge is 0.342 e. The van der Waals surface area contributed by atoms with Gasteiger partial charge in [-0.15, -0.1) is 0 Å². The Morgan fingerprint density at radius 3 is 2.92 bits per heavy atom. The molecule has 0 aliphatic rings. The zero-order chi connectivity index (χ0) is 17.8. The average molecular weight is 340 g/mol. The van der Waals surface area contributed by atoms with Gasteiger partial charge in [-0.3, -0.25) is 9.78 Å². The van der Waals surface area contributed by atoms with Crippen LogP contribution in [0, 0.1) is 5.82 Å². The molecule has 2 heterocycles. The number of carbonyl (C=O) groups is 1. The number of fused-ring (bicyclic) bond motifs is 1. The van der Waals surface area contributed by atoms with E-state index in [0.29, 0.717) is 29.7 Å². The predicted molar refractivity (Wildman–Crippen MR) is 94.4 cm³/mol. The van der Waals surface area contributed by atoms with E-state index in [9.17, 15) is 9.18 Å². The van der Waals surface area contributed by atoms with E-state index in [-0.39, 0.29) is 17.8 Å². The Balaban J connectivity index is 1.66. The van der Waals surface area contributed by atoms with Crippen molar-refractivity contribution >= 4 is 16.9 Å². The van der Waals surface area contributed by atoms with Crippen LogP contribution in [-0.4, -0.2) is 32.8 Å². The monoisotopic (exact) mass is 340 g/mol. The molecule has 0 fully saturated rings. The quantitative estimate of drug-likeness (QED) is 0.745. The van der Waals surface area contributed by atoms with Crippen LogP contribution in [0.4, 0.5) is 4.39 Å². The third-order valence-corrected chi connectivity index (χ3v) is 4.39. The van der Waals surface area contributed by atoms with Gasteiger partial charge in [-0.1, -0.05) is 13.0 Å². The number of H-pyrrole nitrogens is 1. The summed E-state index contributed by atoms with van der Waals surface area (Å²) in [6.07, 6.45) is 5.17.